The molecule has 3 aromatic rings. The lowest BCUT2D eigenvalue weighted by atomic mass is 10.2. The smallest absolute Gasteiger partial charge is 0.229 e. The molecule has 9 nitrogen and oxygen atoms in total. The van der Waals surface area contributed by atoms with Gasteiger partial charge in [0.2, 0.25) is 5.95 Å². The number of hydrazone groups is 1. The monoisotopic (exact) mass is 606 g/mol. The van der Waals surface area contributed by atoms with Crippen LogP contribution in [0.4, 0.5) is 17.6 Å². The van der Waals surface area contributed by atoms with Crippen molar-refractivity contribution >= 4 is 35.4 Å². The van der Waals surface area contributed by atoms with Crippen molar-refractivity contribution in [3.63, 3.8) is 0 Å². The van der Waals surface area contributed by atoms with E-state index in [1.165, 1.54) is 44.9 Å². The number of hydrogen-bond acceptors (Lipinski definition) is 9. The number of halogens is 1. The third-order valence-electron chi connectivity index (χ3n) is 7.57. The number of anilines is 3. The first-order valence-corrected chi connectivity index (χ1v) is 16.0. The van der Waals surface area contributed by atoms with E-state index in [1.54, 1.807) is 12.3 Å². The van der Waals surface area contributed by atoms with Crippen LogP contribution < -0.4 is 29.4 Å². The van der Waals surface area contributed by atoms with Crippen molar-refractivity contribution in [1.82, 2.24) is 9.97 Å². The number of nitrogens with one attached hydrogen (secondary N) is 1. The van der Waals surface area contributed by atoms with Gasteiger partial charge in [0.25, 0.3) is 0 Å². The Balaban J connectivity index is 1.14. The lowest BCUT2D eigenvalue weighted by molar-refractivity contribution is 0.216. The fourth-order valence-electron chi connectivity index (χ4n) is 5.23. The molecule has 0 spiro atoms. The first-order chi connectivity index (χ1) is 21.2. The fraction of sp³-hybridized carbons (Fsp3) is 0.485. The van der Waals surface area contributed by atoms with Crippen molar-refractivity contribution in [2.75, 3.05) is 61.2 Å². The number of hydrogen-bond donors (Lipinski definition) is 1. The van der Waals surface area contributed by atoms with Crippen molar-refractivity contribution in [1.29, 1.82) is 0 Å². The summed E-state index contributed by atoms with van der Waals surface area (Å²) in [4.78, 5) is 14.2. The van der Waals surface area contributed by atoms with Gasteiger partial charge in [0.05, 0.1) is 12.8 Å². The van der Waals surface area contributed by atoms with Crippen molar-refractivity contribution in [3.05, 3.63) is 59.1 Å². The molecular weight excluding hydrogens is 564 g/mol. The Labute approximate surface area is 260 Å². The van der Waals surface area contributed by atoms with Gasteiger partial charge < -0.3 is 24.0 Å². The van der Waals surface area contributed by atoms with Gasteiger partial charge in [-0.3, -0.25) is 5.43 Å². The molecule has 1 N–H and O–H groups in total. The zero-order chi connectivity index (χ0) is 29.7. The predicted molar refractivity (Wildman–Crippen MR) is 175 cm³/mol. The van der Waals surface area contributed by atoms with Gasteiger partial charge in [0.15, 0.2) is 5.82 Å². The Morgan fingerprint density at radius 3 is 2.19 bits per heavy atom. The van der Waals surface area contributed by atoms with E-state index >= 15 is 0 Å². The van der Waals surface area contributed by atoms with Crippen molar-refractivity contribution < 1.29 is 14.2 Å². The summed E-state index contributed by atoms with van der Waals surface area (Å²) in [7, 11) is 0. The van der Waals surface area contributed by atoms with Crippen LogP contribution in [-0.4, -0.2) is 62.2 Å². The van der Waals surface area contributed by atoms with Crippen LogP contribution in [-0.2, 0) is 0 Å². The van der Waals surface area contributed by atoms with Crippen LogP contribution in [0.2, 0.25) is 5.02 Å². The molecule has 0 atom stereocenters. The highest BCUT2D eigenvalue weighted by Crippen LogP contribution is 2.26. The van der Waals surface area contributed by atoms with Gasteiger partial charge in [-0.1, -0.05) is 37.8 Å². The van der Waals surface area contributed by atoms with E-state index in [0.29, 0.717) is 29.8 Å². The summed E-state index contributed by atoms with van der Waals surface area (Å²) in [6.07, 6.45) is 11.2. The van der Waals surface area contributed by atoms with Gasteiger partial charge in [-0.15, -0.1) is 0 Å². The minimum atomic E-state index is 0.371. The van der Waals surface area contributed by atoms with Crippen LogP contribution in [0, 0.1) is 0 Å². The molecule has 10 heteroatoms. The van der Waals surface area contributed by atoms with Crippen LogP contribution >= 0.6 is 11.6 Å². The van der Waals surface area contributed by atoms with Gasteiger partial charge in [-0.25, -0.2) is 0 Å². The molecule has 1 aromatic heterocycles. The van der Waals surface area contributed by atoms with Crippen LogP contribution in [0.5, 0.6) is 17.2 Å². The summed E-state index contributed by atoms with van der Waals surface area (Å²) in [6, 6.07) is 15.2. The van der Waals surface area contributed by atoms with E-state index in [4.69, 9.17) is 35.8 Å². The molecule has 2 aromatic carbocycles. The first-order valence-electron chi connectivity index (χ1n) is 15.6. The molecule has 0 unspecified atom stereocenters. The quantitative estimate of drug-likeness (QED) is 0.104. The zero-order valence-electron chi connectivity index (χ0n) is 25.1. The SMILES string of the molecule is CCCCCCOc1ccc(OCCOc2ccc(Cl)cc2/C=N\Nc2cc(N3CCCC3)nc(N3CCCC3)n2)cc1. The third-order valence-corrected chi connectivity index (χ3v) is 7.81. The van der Waals surface area contributed by atoms with Crippen molar-refractivity contribution in [3.8, 4) is 17.2 Å². The Hall–Kier alpha value is -3.72. The minimum Gasteiger partial charge on any atom is -0.494 e. The Kier molecular flexibility index (Phi) is 11.6. The molecule has 230 valence electrons. The molecule has 3 heterocycles. The molecule has 0 amide bonds. The van der Waals surface area contributed by atoms with Crippen LogP contribution in [0.1, 0.15) is 63.9 Å². The zero-order valence-corrected chi connectivity index (χ0v) is 25.9. The minimum absolute atomic E-state index is 0.371. The van der Waals surface area contributed by atoms with E-state index in [-0.39, 0.29) is 0 Å². The third kappa shape index (κ3) is 9.38. The second-order valence-corrected chi connectivity index (χ2v) is 11.4. The highest BCUT2D eigenvalue weighted by Gasteiger charge is 2.20. The summed E-state index contributed by atoms with van der Waals surface area (Å²) >= 11 is 6.30. The average molecular weight is 607 g/mol. The van der Waals surface area contributed by atoms with E-state index in [2.05, 4.69) is 27.3 Å². The molecule has 2 aliphatic rings. The van der Waals surface area contributed by atoms with E-state index in [9.17, 15) is 0 Å². The molecule has 2 saturated heterocycles. The molecule has 0 aliphatic carbocycles. The van der Waals surface area contributed by atoms with Crippen LogP contribution in [0.15, 0.2) is 53.6 Å². The summed E-state index contributed by atoms with van der Waals surface area (Å²) in [6.45, 7) is 7.73. The topological polar surface area (TPSA) is 84.3 Å². The second-order valence-electron chi connectivity index (χ2n) is 10.9. The Morgan fingerprint density at radius 2 is 1.47 bits per heavy atom. The summed E-state index contributed by atoms with van der Waals surface area (Å²) < 4.78 is 17.7. The molecule has 43 heavy (non-hydrogen) atoms. The van der Waals surface area contributed by atoms with Gasteiger partial charge in [0.1, 0.15) is 36.3 Å². The van der Waals surface area contributed by atoms with E-state index in [0.717, 1.165) is 68.0 Å². The largest absolute Gasteiger partial charge is 0.494 e. The van der Waals surface area contributed by atoms with Crippen LogP contribution in [0.25, 0.3) is 0 Å². The number of ether oxygens (including phenoxy) is 3. The lowest BCUT2D eigenvalue weighted by Gasteiger charge is -2.21. The van der Waals surface area contributed by atoms with Crippen molar-refractivity contribution in [2.24, 2.45) is 5.10 Å². The second kappa shape index (κ2) is 16.2. The van der Waals surface area contributed by atoms with E-state index in [1.807, 2.05) is 42.5 Å². The fourth-order valence-corrected chi connectivity index (χ4v) is 5.41. The number of unbranched alkanes of at least 4 members (excludes halogenated alkanes) is 3. The normalized spacial score (nSPS) is 14.9. The number of aromatic nitrogens is 2. The summed E-state index contributed by atoms with van der Waals surface area (Å²) in [5.74, 6) is 4.68. The molecular formula is C33H43ClN6O3. The van der Waals surface area contributed by atoms with Gasteiger partial charge >= 0.3 is 0 Å². The standard InChI is InChI=1S/C33H43ClN6O3/c1-2-3-4-9-20-41-28-11-13-29(14-12-28)42-21-22-43-30-15-10-27(34)23-26(30)25-35-38-31-24-32(39-16-5-6-17-39)37-33(36-31)40-18-7-8-19-40/h10-15,23-25H,2-9,16-22H2,1H3,(H,36,37,38)/b35-25-. The predicted octanol–water partition coefficient (Wildman–Crippen LogP) is 7.19. The maximum atomic E-state index is 6.30. The molecule has 5 rings (SSSR count). The Morgan fingerprint density at radius 1 is 0.791 bits per heavy atom. The lowest BCUT2D eigenvalue weighted by Crippen LogP contribution is -2.24. The van der Waals surface area contributed by atoms with Crippen molar-refractivity contribution in [2.45, 2.75) is 58.3 Å². The first kappa shape index (κ1) is 30.7. The highest BCUT2D eigenvalue weighted by atomic mass is 35.5. The number of rotatable bonds is 16. The summed E-state index contributed by atoms with van der Waals surface area (Å²) in [5.41, 5.74) is 3.87. The van der Waals surface area contributed by atoms with Gasteiger partial charge in [0, 0.05) is 42.8 Å². The maximum absolute atomic E-state index is 6.30. The molecule has 0 saturated carbocycles. The van der Waals surface area contributed by atoms with E-state index < -0.39 is 0 Å². The molecule has 0 radical (unpaired) electrons. The Bertz CT molecular complexity index is 1280. The molecule has 0 bridgehead atoms. The molecule has 2 aliphatic heterocycles. The molecule has 2 fully saturated rings. The summed E-state index contributed by atoms with van der Waals surface area (Å²) in [5, 5.41) is 5.09. The number of benzene rings is 2. The van der Waals surface area contributed by atoms with Gasteiger partial charge in [-0.2, -0.15) is 15.1 Å². The average Bonchev–Trinajstić information content (AvgIpc) is 3.76. The number of nitrogens with zero attached hydrogens (tertiary/aromatic N) is 5. The van der Waals surface area contributed by atoms with Gasteiger partial charge in [-0.05, 0) is 74.6 Å². The van der Waals surface area contributed by atoms with Crippen LogP contribution in [0.3, 0.4) is 0 Å². The highest BCUT2D eigenvalue weighted by molar-refractivity contribution is 6.30. The maximum Gasteiger partial charge on any atom is 0.229 e.